The molecule has 0 heterocycles. The Hall–Kier alpha value is -3.02. The normalized spacial score (nSPS) is 10.0. The summed E-state index contributed by atoms with van der Waals surface area (Å²) in [5, 5.41) is 0. The van der Waals surface area contributed by atoms with Crippen LogP contribution in [0.4, 0.5) is 0 Å². The third-order valence-corrected chi connectivity index (χ3v) is 3.38. The number of Topliss-reactive ketones (excluding diaryl/α,β-unsaturated/α-hetero) is 1. The van der Waals surface area contributed by atoms with Crippen molar-refractivity contribution in [2.45, 2.75) is 6.92 Å². The summed E-state index contributed by atoms with van der Waals surface area (Å²) in [6.45, 7) is 1.37. The maximum absolute atomic E-state index is 12.5. The number of ether oxygens (including phenoxy) is 4. The highest BCUT2D eigenvalue weighted by atomic mass is 16.5. The second kappa shape index (κ2) is 7.50. The number of ketones is 1. The fraction of sp³-hybridized carbons (Fsp3) is 0.222. The number of benzene rings is 2. The molecule has 0 atom stereocenters. The molecule has 0 aliphatic rings. The van der Waals surface area contributed by atoms with Crippen molar-refractivity contribution in [3.8, 4) is 23.0 Å². The number of para-hydroxylation sites is 1. The van der Waals surface area contributed by atoms with Gasteiger partial charge in [0.05, 0.1) is 21.3 Å². The molecule has 6 heteroatoms. The molecule has 2 aromatic carbocycles. The molecule has 6 nitrogen and oxygen atoms in total. The van der Waals surface area contributed by atoms with E-state index in [1.54, 1.807) is 30.3 Å². The molecule has 0 aliphatic heterocycles. The number of esters is 1. The van der Waals surface area contributed by atoms with Crippen LogP contribution >= 0.6 is 0 Å². The van der Waals surface area contributed by atoms with Gasteiger partial charge < -0.3 is 18.9 Å². The second-order valence-electron chi connectivity index (χ2n) is 4.85. The van der Waals surface area contributed by atoms with Crippen LogP contribution in [0.5, 0.6) is 23.0 Å². The van der Waals surface area contributed by atoms with Gasteiger partial charge >= 0.3 is 5.97 Å². The Bertz CT molecular complexity index is 766. The lowest BCUT2D eigenvalue weighted by Crippen LogP contribution is -2.13. The molecule has 0 spiro atoms. The van der Waals surface area contributed by atoms with Gasteiger partial charge in [0.1, 0.15) is 34.1 Å². The molecule has 0 amide bonds. The van der Waals surface area contributed by atoms with Gasteiger partial charge in [-0.05, 0) is 19.1 Å². The van der Waals surface area contributed by atoms with E-state index < -0.39 is 5.97 Å². The van der Waals surface area contributed by atoms with Crippen LogP contribution in [0.1, 0.15) is 27.6 Å². The van der Waals surface area contributed by atoms with Gasteiger partial charge in [0.2, 0.25) is 0 Å². The highest BCUT2D eigenvalue weighted by molar-refractivity contribution is 6.02. The Morgan fingerprint density at radius 2 is 1.46 bits per heavy atom. The van der Waals surface area contributed by atoms with Gasteiger partial charge in [0.25, 0.3) is 0 Å². The van der Waals surface area contributed by atoms with Crippen LogP contribution in [0, 0.1) is 0 Å². The first kappa shape index (κ1) is 17.3. The summed E-state index contributed by atoms with van der Waals surface area (Å²) < 4.78 is 20.9. The molecule has 2 aromatic rings. The topological polar surface area (TPSA) is 71.1 Å². The standard InChI is InChI=1S/C18H18O6/c1-11(19)17-15(23-4)9-12(21-2)10-16(17)24-18(20)13-7-5-6-8-14(13)22-3/h5-10H,1-4H3. The van der Waals surface area contributed by atoms with Crippen LogP contribution in [0.3, 0.4) is 0 Å². The fourth-order valence-electron chi connectivity index (χ4n) is 2.24. The van der Waals surface area contributed by atoms with Crippen LogP contribution in [0.2, 0.25) is 0 Å². The van der Waals surface area contributed by atoms with Crippen LogP contribution in [-0.4, -0.2) is 33.1 Å². The predicted molar refractivity (Wildman–Crippen MR) is 87.5 cm³/mol. The Labute approximate surface area is 139 Å². The molecular formula is C18H18O6. The molecule has 0 unspecified atom stereocenters. The Morgan fingerprint density at radius 1 is 0.833 bits per heavy atom. The summed E-state index contributed by atoms with van der Waals surface area (Å²) in [4.78, 5) is 24.4. The summed E-state index contributed by atoms with van der Waals surface area (Å²) in [6.07, 6.45) is 0. The van der Waals surface area contributed by atoms with Crippen molar-refractivity contribution in [2.75, 3.05) is 21.3 Å². The molecular weight excluding hydrogens is 312 g/mol. The SMILES string of the molecule is COc1cc(OC)c(C(C)=O)c(OC(=O)c2ccccc2OC)c1. The quantitative estimate of drug-likeness (QED) is 0.460. The minimum Gasteiger partial charge on any atom is -0.496 e. The monoisotopic (exact) mass is 330 g/mol. The van der Waals surface area contributed by atoms with E-state index in [2.05, 4.69) is 0 Å². The first-order valence-corrected chi connectivity index (χ1v) is 7.14. The fourth-order valence-corrected chi connectivity index (χ4v) is 2.24. The molecule has 0 saturated carbocycles. The van der Waals surface area contributed by atoms with Gasteiger partial charge in [-0.15, -0.1) is 0 Å². The number of methoxy groups -OCH3 is 3. The van der Waals surface area contributed by atoms with Crippen LogP contribution in [-0.2, 0) is 0 Å². The average molecular weight is 330 g/mol. The van der Waals surface area contributed by atoms with Gasteiger partial charge in [-0.1, -0.05) is 12.1 Å². The number of hydrogen-bond donors (Lipinski definition) is 0. The summed E-state index contributed by atoms with van der Waals surface area (Å²) >= 11 is 0. The summed E-state index contributed by atoms with van der Waals surface area (Å²) in [5.74, 6) is 0.170. The minimum atomic E-state index is -0.648. The third kappa shape index (κ3) is 3.48. The lowest BCUT2D eigenvalue weighted by atomic mass is 10.1. The van der Waals surface area contributed by atoms with E-state index in [9.17, 15) is 9.59 Å². The molecule has 0 N–H and O–H groups in total. The number of carbonyl (C=O) groups is 2. The molecule has 0 fully saturated rings. The predicted octanol–water partition coefficient (Wildman–Crippen LogP) is 3.13. The van der Waals surface area contributed by atoms with Crippen LogP contribution in [0.15, 0.2) is 36.4 Å². The largest absolute Gasteiger partial charge is 0.496 e. The van der Waals surface area contributed by atoms with Crippen LogP contribution in [0.25, 0.3) is 0 Å². The van der Waals surface area contributed by atoms with Gasteiger partial charge in [-0.2, -0.15) is 0 Å². The summed E-state index contributed by atoms with van der Waals surface area (Å²) in [5.41, 5.74) is 0.415. The lowest BCUT2D eigenvalue weighted by molar-refractivity contribution is 0.0728. The van der Waals surface area contributed by atoms with Crippen molar-refractivity contribution < 1.29 is 28.5 Å². The molecule has 0 bridgehead atoms. The van der Waals surface area contributed by atoms with E-state index in [1.165, 1.54) is 34.3 Å². The van der Waals surface area contributed by atoms with Crippen molar-refractivity contribution in [2.24, 2.45) is 0 Å². The van der Waals surface area contributed by atoms with Crippen molar-refractivity contribution in [1.82, 2.24) is 0 Å². The van der Waals surface area contributed by atoms with E-state index in [0.29, 0.717) is 11.5 Å². The summed E-state index contributed by atoms with van der Waals surface area (Å²) in [6, 6.07) is 9.67. The third-order valence-electron chi connectivity index (χ3n) is 3.38. The van der Waals surface area contributed by atoms with Gasteiger partial charge in [-0.25, -0.2) is 4.79 Å². The van der Waals surface area contributed by atoms with E-state index in [4.69, 9.17) is 18.9 Å². The van der Waals surface area contributed by atoms with Crippen molar-refractivity contribution in [3.63, 3.8) is 0 Å². The number of carbonyl (C=O) groups excluding carboxylic acids is 2. The highest BCUT2D eigenvalue weighted by Crippen LogP contribution is 2.35. The smallest absolute Gasteiger partial charge is 0.347 e. The molecule has 0 saturated heterocycles. The summed E-state index contributed by atoms with van der Waals surface area (Å²) in [7, 11) is 4.35. The Kier molecular flexibility index (Phi) is 5.42. The maximum atomic E-state index is 12.5. The van der Waals surface area contributed by atoms with Gasteiger partial charge in [-0.3, -0.25) is 4.79 Å². The molecule has 0 aliphatic carbocycles. The number of rotatable bonds is 6. The van der Waals surface area contributed by atoms with Crippen LogP contribution < -0.4 is 18.9 Å². The molecule has 24 heavy (non-hydrogen) atoms. The van der Waals surface area contributed by atoms with Gasteiger partial charge in [0, 0.05) is 12.1 Å². The Morgan fingerprint density at radius 3 is 2.04 bits per heavy atom. The minimum absolute atomic E-state index is 0.0645. The number of hydrogen-bond acceptors (Lipinski definition) is 6. The zero-order chi connectivity index (χ0) is 17.7. The van der Waals surface area contributed by atoms with E-state index >= 15 is 0 Å². The zero-order valence-electron chi connectivity index (χ0n) is 13.9. The first-order chi connectivity index (χ1) is 11.5. The van der Waals surface area contributed by atoms with Crippen molar-refractivity contribution >= 4 is 11.8 Å². The van der Waals surface area contributed by atoms with E-state index in [-0.39, 0.29) is 28.4 Å². The second-order valence-corrected chi connectivity index (χ2v) is 4.85. The van der Waals surface area contributed by atoms with E-state index in [0.717, 1.165) is 0 Å². The molecule has 2 rings (SSSR count). The highest BCUT2D eigenvalue weighted by Gasteiger charge is 2.22. The molecule has 0 aromatic heterocycles. The van der Waals surface area contributed by atoms with Crippen molar-refractivity contribution in [3.05, 3.63) is 47.5 Å². The lowest BCUT2D eigenvalue weighted by Gasteiger charge is -2.14. The zero-order valence-corrected chi connectivity index (χ0v) is 13.9. The van der Waals surface area contributed by atoms with Crippen molar-refractivity contribution in [1.29, 1.82) is 0 Å². The van der Waals surface area contributed by atoms with E-state index in [1.807, 2.05) is 0 Å². The molecule has 0 radical (unpaired) electrons. The van der Waals surface area contributed by atoms with Gasteiger partial charge in [0.15, 0.2) is 5.78 Å². The maximum Gasteiger partial charge on any atom is 0.347 e. The average Bonchev–Trinajstić information content (AvgIpc) is 2.60. The Balaban J connectivity index is 2.48. The first-order valence-electron chi connectivity index (χ1n) is 7.14. The molecule has 126 valence electrons.